The van der Waals surface area contributed by atoms with Crippen LogP contribution in [0.25, 0.3) is 33.3 Å². The van der Waals surface area contributed by atoms with Crippen LogP contribution in [0.15, 0.2) is 77.2 Å². The van der Waals surface area contributed by atoms with Gasteiger partial charge in [-0.3, -0.25) is 4.79 Å². The van der Waals surface area contributed by atoms with Crippen LogP contribution >= 0.6 is 11.6 Å². The fourth-order valence-electron chi connectivity index (χ4n) is 4.12. The summed E-state index contributed by atoms with van der Waals surface area (Å²) < 4.78 is 11.5. The molecule has 5 aromatic rings. The van der Waals surface area contributed by atoms with Crippen molar-refractivity contribution in [3.05, 3.63) is 88.9 Å². The van der Waals surface area contributed by atoms with Crippen LogP contribution in [0.4, 0.5) is 5.69 Å². The third-order valence-corrected chi connectivity index (χ3v) is 6.70. The van der Waals surface area contributed by atoms with Crippen molar-refractivity contribution in [2.45, 2.75) is 26.2 Å². The molecular weight excluding hydrogens is 460 g/mol. The molecule has 0 aliphatic heterocycles. The van der Waals surface area contributed by atoms with Crippen molar-refractivity contribution < 1.29 is 13.9 Å². The standard InChI is InChI=1S/C29H25ClN2O3/c1-4-17(2)18-10-12-26-25(14-18)32-29(35-26)21-9-11-23(30)24(15-21)31-28(33)22-13-19-7-5-6-8-20(19)16-27(22)34-3/h5-17H,4H2,1-3H3,(H,31,33)/t17-/m0/s1. The molecule has 0 spiro atoms. The van der Waals surface area contributed by atoms with Gasteiger partial charge < -0.3 is 14.5 Å². The lowest BCUT2D eigenvalue weighted by Crippen LogP contribution is -2.13. The normalized spacial score (nSPS) is 12.1. The van der Waals surface area contributed by atoms with E-state index in [-0.39, 0.29) is 5.91 Å². The largest absolute Gasteiger partial charge is 0.496 e. The zero-order valence-electron chi connectivity index (χ0n) is 19.8. The Morgan fingerprint density at radius 3 is 2.57 bits per heavy atom. The van der Waals surface area contributed by atoms with Gasteiger partial charge in [-0.25, -0.2) is 4.98 Å². The van der Waals surface area contributed by atoms with Gasteiger partial charge in [0, 0.05) is 5.56 Å². The molecule has 0 fully saturated rings. The summed E-state index contributed by atoms with van der Waals surface area (Å²) in [6.07, 6.45) is 1.05. The van der Waals surface area contributed by atoms with E-state index < -0.39 is 0 Å². The van der Waals surface area contributed by atoms with Gasteiger partial charge in [-0.2, -0.15) is 0 Å². The van der Waals surface area contributed by atoms with Crippen molar-refractivity contribution in [2.75, 3.05) is 12.4 Å². The van der Waals surface area contributed by atoms with Crippen LogP contribution < -0.4 is 10.1 Å². The molecule has 0 saturated carbocycles. The van der Waals surface area contributed by atoms with Crippen molar-refractivity contribution in [3.63, 3.8) is 0 Å². The fourth-order valence-corrected chi connectivity index (χ4v) is 4.28. The van der Waals surface area contributed by atoms with Gasteiger partial charge in [0.2, 0.25) is 5.89 Å². The van der Waals surface area contributed by atoms with Crippen LogP contribution in [0.1, 0.15) is 42.1 Å². The number of aromatic nitrogens is 1. The number of fused-ring (bicyclic) bond motifs is 2. The number of carbonyl (C=O) groups excluding carboxylic acids is 1. The van der Waals surface area contributed by atoms with Gasteiger partial charge >= 0.3 is 0 Å². The molecule has 0 radical (unpaired) electrons. The molecule has 0 aliphatic carbocycles. The lowest BCUT2D eigenvalue weighted by molar-refractivity contribution is 0.102. The number of oxazole rings is 1. The number of nitrogens with zero attached hydrogens (tertiary/aromatic N) is 1. The summed E-state index contributed by atoms with van der Waals surface area (Å²) in [7, 11) is 1.55. The van der Waals surface area contributed by atoms with E-state index in [0.717, 1.165) is 28.3 Å². The minimum absolute atomic E-state index is 0.317. The molecule has 5 rings (SSSR count). The lowest BCUT2D eigenvalue weighted by Gasteiger charge is -2.12. The molecule has 1 aromatic heterocycles. The maximum Gasteiger partial charge on any atom is 0.259 e. The van der Waals surface area contributed by atoms with E-state index in [1.54, 1.807) is 19.2 Å². The Morgan fingerprint density at radius 1 is 1.06 bits per heavy atom. The second-order valence-electron chi connectivity index (χ2n) is 8.60. The minimum atomic E-state index is -0.317. The number of methoxy groups -OCH3 is 1. The Labute approximate surface area is 208 Å². The van der Waals surface area contributed by atoms with Crippen LogP contribution in [0.5, 0.6) is 5.75 Å². The Hall–Kier alpha value is -3.83. The topological polar surface area (TPSA) is 64.4 Å². The van der Waals surface area contributed by atoms with Crippen LogP contribution in [0.3, 0.4) is 0 Å². The van der Waals surface area contributed by atoms with E-state index in [4.69, 9.17) is 20.8 Å². The summed E-state index contributed by atoms with van der Waals surface area (Å²) >= 11 is 6.44. The van der Waals surface area contributed by atoms with E-state index in [9.17, 15) is 4.79 Å². The van der Waals surface area contributed by atoms with Gasteiger partial charge in [-0.05, 0) is 71.1 Å². The molecule has 0 saturated heterocycles. The molecule has 0 bridgehead atoms. The highest BCUT2D eigenvalue weighted by Crippen LogP contribution is 2.33. The highest BCUT2D eigenvalue weighted by Gasteiger charge is 2.17. The summed E-state index contributed by atoms with van der Waals surface area (Å²) in [4.78, 5) is 17.9. The maximum atomic E-state index is 13.2. The summed E-state index contributed by atoms with van der Waals surface area (Å²) in [6, 6.07) is 22.9. The second kappa shape index (κ2) is 9.43. The zero-order valence-corrected chi connectivity index (χ0v) is 20.5. The smallest absolute Gasteiger partial charge is 0.259 e. The molecule has 35 heavy (non-hydrogen) atoms. The van der Waals surface area contributed by atoms with E-state index >= 15 is 0 Å². The number of hydrogen-bond acceptors (Lipinski definition) is 4. The number of hydrogen-bond donors (Lipinski definition) is 1. The Kier molecular flexibility index (Phi) is 6.18. The predicted molar refractivity (Wildman–Crippen MR) is 142 cm³/mol. The molecule has 4 aromatic carbocycles. The van der Waals surface area contributed by atoms with Crippen LogP contribution in [0.2, 0.25) is 5.02 Å². The molecule has 0 aliphatic rings. The van der Waals surface area contributed by atoms with Crippen molar-refractivity contribution in [3.8, 4) is 17.2 Å². The number of anilines is 1. The molecule has 1 N–H and O–H groups in total. The summed E-state index contributed by atoms with van der Waals surface area (Å²) in [5, 5.41) is 5.27. The molecule has 5 nitrogen and oxygen atoms in total. The minimum Gasteiger partial charge on any atom is -0.496 e. The first-order valence-electron chi connectivity index (χ1n) is 11.6. The third kappa shape index (κ3) is 4.47. The SMILES string of the molecule is CC[C@H](C)c1ccc2oc(-c3ccc(Cl)c(NC(=O)c4cc5ccccc5cc4OC)c3)nc2c1. The monoisotopic (exact) mass is 484 g/mol. The number of amides is 1. The molecule has 1 amide bonds. The Balaban J connectivity index is 1.47. The Morgan fingerprint density at radius 2 is 1.83 bits per heavy atom. The molecule has 0 unspecified atom stereocenters. The number of ether oxygens (including phenoxy) is 1. The average Bonchev–Trinajstić information content (AvgIpc) is 3.32. The van der Waals surface area contributed by atoms with E-state index in [1.165, 1.54) is 5.56 Å². The molecular formula is C29H25ClN2O3. The maximum absolute atomic E-state index is 13.2. The van der Waals surface area contributed by atoms with Gasteiger partial charge in [0.05, 0.1) is 23.4 Å². The van der Waals surface area contributed by atoms with Crippen molar-refractivity contribution >= 4 is 45.1 Å². The van der Waals surface area contributed by atoms with Gasteiger partial charge in [0.25, 0.3) is 5.91 Å². The quantitative estimate of drug-likeness (QED) is 0.264. The highest BCUT2D eigenvalue weighted by atomic mass is 35.5. The van der Waals surface area contributed by atoms with Crippen molar-refractivity contribution in [1.82, 2.24) is 4.98 Å². The van der Waals surface area contributed by atoms with Crippen LogP contribution in [0, 0.1) is 0 Å². The van der Waals surface area contributed by atoms with E-state index in [1.807, 2.05) is 48.5 Å². The van der Waals surface area contributed by atoms with E-state index in [2.05, 4.69) is 36.3 Å². The van der Waals surface area contributed by atoms with E-state index in [0.29, 0.717) is 39.4 Å². The zero-order chi connectivity index (χ0) is 24.5. The van der Waals surface area contributed by atoms with Gasteiger partial charge in [-0.15, -0.1) is 0 Å². The summed E-state index contributed by atoms with van der Waals surface area (Å²) in [5.41, 5.74) is 4.36. The number of benzene rings is 4. The molecule has 1 atom stereocenters. The van der Waals surface area contributed by atoms with Crippen molar-refractivity contribution in [1.29, 1.82) is 0 Å². The first-order chi connectivity index (χ1) is 17.0. The van der Waals surface area contributed by atoms with Gasteiger partial charge in [0.15, 0.2) is 5.58 Å². The third-order valence-electron chi connectivity index (χ3n) is 6.37. The first-order valence-corrected chi connectivity index (χ1v) is 11.9. The summed E-state index contributed by atoms with van der Waals surface area (Å²) in [6.45, 7) is 4.36. The summed E-state index contributed by atoms with van der Waals surface area (Å²) in [5.74, 6) is 1.09. The second-order valence-corrected chi connectivity index (χ2v) is 9.01. The molecule has 6 heteroatoms. The van der Waals surface area contributed by atoms with Crippen LogP contribution in [-0.4, -0.2) is 18.0 Å². The number of carbonyl (C=O) groups is 1. The number of rotatable bonds is 6. The predicted octanol–water partition coefficient (Wildman–Crippen LogP) is 8.08. The molecule has 176 valence electrons. The van der Waals surface area contributed by atoms with Crippen LogP contribution in [-0.2, 0) is 0 Å². The number of halogens is 1. The highest BCUT2D eigenvalue weighted by molar-refractivity contribution is 6.34. The first kappa shape index (κ1) is 22.9. The average molecular weight is 485 g/mol. The Bertz CT molecular complexity index is 1560. The van der Waals surface area contributed by atoms with Gasteiger partial charge in [-0.1, -0.05) is 55.8 Å². The fraction of sp³-hybridized carbons (Fsp3) is 0.172. The lowest BCUT2D eigenvalue weighted by atomic mass is 9.98. The van der Waals surface area contributed by atoms with Gasteiger partial charge in [0.1, 0.15) is 11.3 Å². The number of nitrogens with one attached hydrogen (secondary N) is 1. The molecule has 1 heterocycles. The van der Waals surface area contributed by atoms with Crippen molar-refractivity contribution in [2.24, 2.45) is 0 Å².